The van der Waals surface area contributed by atoms with E-state index in [1.807, 2.05) is 48.5 Å². The molecular formula is C26H25N3O5S. The minimum Gasteiger partial charge on any atom is -0.480 e. The van der Waals surface area contributed by atoms with Gasteiger partial charge in [-0.1, -0.05) is 54.6 Å². The Morgan fingerprint density at radius 3 is 2.29 bits per heavy atom. The molecule has 3 N–H and O–H groups in total. The number of ether oxygens (including phenoxy) is 1. The second-order valence-electron chi connectivity index (χ2n) is 8.12. The number of carbonyl (C=O) groups excluding carboxylic acids is 2. The van der Waals surface area contributed by atoms with Gasteiger partial charge >= 0.3 is 12.1 Å². The lowest BCUT2D eigenvalue weighted by atomic mass is 9.98. The van der Waals surface area contributed by atoms with Crippen molar-refractivity contribution >= 4 is 29.3 Å². The van der Waals surface area contributed by atoms with Crippen LogP contribution in [-0.2, 0) is 20.7 Å². The third kappa shape index (κ3) is 5.58. The highest BCUT2D eigenvalue weighted by atomic mass is 32.1. The third-order valence-corrected chi connectivity index (χ3v) is 6.66. The van der Waals surface area contributed by atoms with E-state index in [1.54, 1.807) is 11.7 Å². The van der Waals surface area contributed by atoms with Crippen molar-refractivity contribution in [1.82, 2.24) is 15.6 Å². The fourth-order valence-electron chi connectivity index (χ4n) is 4.20. The van der Waals surface area contributed by atoms with Gasteiger partial charge in [0.2, 0.25) is 5.91 Å². The fraction of sp³-hybridized carbons (Fsp3) is 0.231. The van der Waals surface area contributed by atoms with Gasteiger partial charge in [0.1, 0.15) is 18.7 Å². The monoisotopic (exact) mass is 491 g/mol. The molecule has 0 bridgehead atoms. The number of hydrogen-bond acceptors (Lipinski definition) is 6. The van der Waals surface area contributed by atoms with Crippen LogP contribution in [0.2, 0.25) is 0 Å². The number of amides is 2. The molecule has 0 spiro atoms. The van der Waals surface area contributed by atoms with Crippen LogP contribution >= 0.6 is 11.3 Å². The Bertz CT molecular complexity index is 1180. The second kappa shape index (κ2) is 11.0. The molecule has 0 fully saturated rings. The Hall–Kier alpha value is -3.98. The van der Waals surface area contributed by atoms with Gasteiger partial charge in [0, 0.05) is 23.4 Å². The molecule has 1 aromatic heterocycles. The van der Waals surface area contributed by atoms with Gasteiger partial charge in [-0.15, -0.1) is 17.9 Å². The fourth-order valence-corrected chi connectivity index (χ4v) is 4.84. The zero-order chi connectivity index (χ0) is 24.8. The number of hydrogen-bond donors (Lipinski definition) is 3. The van der Waals surface area contributed by atoms with E-state index in [1.165, 1.54) is 17.4 Å². The maximum atomic E-state index is 12.8. The van der Waals surface area contributed by atoms with Gasteiger partial charge in [-0.2, -0.15) is 0 Å². The third-order valence-electron chi connectivity index (χ3n) is 5.86. The summed E-state index contributed by atoms with van der Waals surface area (Å²) >= 11 is 1.30. The van der Waals surface area contributed by atoms with E-state index in [0.29, 0.717) is 0 Å². The quantitative estimate of drug-likeness (QED) is 0.372. The molecule has 1 aliphatic carbocycles. The Labute approximate surface area is 206 Å². The number of benzene rings is 2. The molecular weight excluding hydrogens is 466 g/mol. The summed E-state index contributed by atoms with van der Waals surface area (Å²) in [5.41, 5.74) is 5.97. The highest BCUT2D eigenvalue weighted by Crippen LogP contribution is 2.44. The molecule has 0 aliphatic heterocycles. The maximum absolute atomic E-state index is 12.8. The first-order valence-corrected chi connectivity index (χ1v) is 12.0. The van der Waals surface area contributed by atoms with E-state index in [0.717, 1.165) is 27.1 Å². The summed E-state index contributed by atoms with van der Waals surface area (Å²) in [6, 6.07) is 13.8. The average molecular weight is 492 g/mol. The van der Waals surface area contributed by atoms with Gasteiger partial charge in [-0.3, -0.25) is 9.78 Å². The van der Waals surface area contributed by atoms with E-state index in [9.17, 15) is 19.5 Å². The van der Waals surface area contributed by atoms with Crippen LogP contribution in [0.1, 0.15) is 28.3 Å². The lowest BCUT2D eigenvalue weighted by Crippen LogP contribution is -2.52. The number of carboxylic acids is 1. The summed E-state index contributed by atoms with van der Waals surface area (Å²) in [5.74, 6) is -1.92. The minimum absolute atomic E-state index is 0.0947. The first-order valence-electron chi connectivity index (χ1n) is 11.1. The molecule has 0 radical (unpaired) electrons. The van der Waals surface area contributed by atoms with Crippen molar-refractivity contribution in [2.75, 3.05) is 6.61 Å². The zero-order valence-corrected chi connectivity index (χ0v) is 19.7. The number of alkyl carbamates (subject to hydrolysis) is 1. The predicted octanol–water partition coefficient (Wildman–Crippen LogP) is 3.74. The lowest BCUT2D eigenvalue weighted by molar-refractivity contribution is -0.142. The molecule has 180 valence electrons. The number of aliphatic carboxylic acids is 1. The Balaban J connectivity index is 1.39. The minimum atomic E-state index is -1.18. The number of thiazole rings is 1. The van der Waals surface area contributed by atoms with Gasteiger partial charge < -0.3 is 20.5 Å². The van der Waals surface area contributed by atoms with Crippen LogP contribution in [0.25, 0.3) is 11.1 Å². The molecule has 2 amide bonds. The summed E-state index contributed by atoms with van der Waals surface area (Å²) in [6.07, 6.45) is 2.49. The van der Waals surface area contributed by atoms with Gasteiger partial charge in [-0.05, 0) is 28.7 Å². The molecule has 0 saturated heterocycles. The van der Waals surface area contributed by atoms with Gasteiger partial charge in [0.25, 0.3) is 0 Å². The number of rotatable bonds is 10. The van der Waals surface area contributed by atoms with Crippen LogP contribution in [0.4, 0.5) is 4.79 Å². The van der Waals surface area contributed by atoms with Crippen molar-refractivity contribution in [3.05, 3.63) is 88.9 Å². The molecule has 4 rings (SSSR count). The predicted molar refractivity (Wildman–Crippen MR) is 132 cm³/mol. The van der Waals surface area contributed by atoms with Gasteiger partial charge in [0.15, 0.2) is 0 Å². The second-order valence-corrected chi connectivity index (χ2v) is 9.09. The molecule has 8 nitrogen and oxygen atoms in total. The first kappa shape index (κ1) is 24.2. The van der Waals surface area contributed by atoms with Crippen molar-refractivity contribution in [2.24, 2.45) is 0 Å². The number of carboxylic acid groups (broad SMARTS) is 1. The molecule has 9 heteroatoms. The Morgan fingerprint density at radius 1 is 1.06 bits per heavy atom. The summed E-state index contributed by atoms with van der Waals surface area (Å²) < 4.78 is 5.52. The van der Waals surface area contributed by atoms with Gasteiger partial charge in [-0.25, -0.2) is 9.59 Å². The van der Waals surface area contributed by atoms with Crippen molar-refractivity contribution in [1.29, 1.82) is 0 Å². The maximum Gasteiger partial charge on any atom is 0.407 e. The van der Waals surface area contributed by atoms with Crippen LogP contribution in [0.15, 0.2) is 72.9 Å². The van der Waals surface area contributed by atoms with Crippen molar-refractivity contribution in [3.63, 3.8) is 0 Å². The summed E-state index contributed by atoms with van der Waals surface area (Å²) in [4.78, 5) is 41.7. The largest absolute Gasteiger partial charge is 0.480 e. The smallest absolute Gasteiger partial charge is 0.407 e. The molecule has 2 unspecified atom stereocenters. The highest BCUT2D eigenvalue weighted by Gasteiger charge is 2.30. The Kier molecular flexibility index (Phi) is 7.57. The normalized spacial score (nSPS) is 13.7. The zero-order valence-electron chi connectivity index (χ0n) is 18.8. The molecule has 35 heavy (non-hydrogen) atoms. The molecule has 2 aromatic carbocycles. The van der Waals surface area contributed by atoms with E-state index in [2.05, 4.69) is 22.2 Å². The van der Waals surface area contributed by atoms with E-state index >= 15 is 0 Å². The molecule has 3 aromatic rings. The van der Waals surface area contributed by atoms with Crippen LogP contribution in [0.5, 0.6) is 0 Å². The highest BCUT2D eigenvalue weighted by molar-refractivity contribution is 7.09. The standard InChI is InChI=1S/C26H25N3O5S/c1-2-7-22(24(30)28-23(25(31)32)12-16-13-27-15-35-16)29-26(33)34-14-21-19-10-5-3-8-17(19)18-9-4-6-11-20(18)21/h2-6,8-11,13,15,21-23H,1,7,12,14H2,(H,28,30)(H,29,33)(H,31,32). The van der Waals surface area contributed by atoms with Gasteiger partial charge in [0.05, 0.1) is 5.51 Å². The first-order chi connectivity index (χ1) is 17.0. The SMILES string of the molecule is C=CCC(NC(=O)OCC1c2ccccc2-c2ccccc21)C(=O)NC(Cc1cncs1)C(=O)O. The summed E-state index contributed by atoms with van der Waals surface area (Å²) in [6.45, 7) is 3.73. The number of aromatic nitrogens is 1. The molecule has 1 aliphatic rings. The van der Waals surface area contributed by atoms with Crippen LogP contribution in [0, 0.1) is 0 Å². The van der Waals surface area contributed by atoms with E-state index in [4.69, 9.17) is 4.74 Å². The topological polar surface area (TPSA) is 118 Å². The van der Waals surface area contributed by atoms with E-state index in [-0.39, 0.29) is 25.4 Å². The number of fused-ring (bicyclic) bond motifs is 3. The summed E-state index contributed by atoms with van der Waals surface area (Å²) in [7, 11) is 0. The van der Waals surface area contributed by atoms with Crippen LogP contribution in [0.3, 0.4) is 0 Å². The Morgan fingerprint density at radius 2 is 1.71 bits per heavy atom. The van der Waals surface area contributed by atoms with E-state index < -0.39 is 30.1 Å². The van der Waals surface area contributed by atoms with Crippen molar-refractivity contribution in [2.45, 2.75) is 30.8 Å². The van der Waals surface area contributed by atoms with Crippen LogP contribution in [-0.4, -0.2) is 46.8 Å². The average Bonchev–Trinajstić information content (AvgIpc) is 3.48. The number of nitrogens with zero attached hydrogens (tertiary/aromatic N) is 1. The lowest BCUT2D eigenvalue weighted by Gasteiger charge is -2.21. The molecule has 0 saturated carbocycles. The number of nitrogens with one attached hydrogen (secondary N) is 2. The van der Waals surface area contributed by atoms with Crippen LogP contribution < -0.4 is 10.6 Å². The van der Waals surface area contributed by atoms with Crippen molar-refractivity contribution < 1.29 is 24.2 Å². The molecule has 1 heterocycles. The molecule has 2 atom stereocenters. The van der Waals surface area contributed by atoms with Crippen molar-refractivity contribution in [3.8, 4) is 11.1 Å². The summed E-state index contributed by atoms with van der Waals surface area (Å²) in [5, 5.41) is 14.6. The number of carbonyl (C=O) groups is 3.